The molecule has 5 heteroatoms. The smallest absolute Gasteiger partial charge is 0.248 e. The molecule has 0 aliphatic rings. The van der Waals surface area contributed by atoms with Crippen molar-refractivity contribution >= 4 is 28.1 Å². The second-order valence-corrected chi connectivity index (χ2v) is 8.54. The third kappa shape index (κ3) is 5.57. The molecule has 35 heavy (non-hydrogen) atoms. The Balaban J connectivity index is 1.60. The second-order valence-electron chi connectivity index (χ2n) is 8.54. The first-order valence-corrected chi connectivity index (χ1v) is 11.8. The van der Waals surface area contributed by atoms with E-state index in [2.05, 4.69) is 24.4 Å². The van der Waals surface area contributed by atoms with E-state index in [4.69, 9.17) is 13.9 Å². The van der Waals surface area contributed by atoms with Crippen LogP contribution in [0.3, 0.4) is 0 Å². The number of hydrogen-bond donors (Lipinski definition) is 1. The summed E-state index contributed by atoms with van der Waals surface area (Å²) in [5.74, 6) is 1.26. The normalized spacial score (nSPS) is 11.5. The minimum absolute atomic E-state index is 0.187. The van der Waals surface area contributed by atoms with Crippen LogP contribution in [0, 0.1) is 0 Å². The average molecular weight is 470 g/mol. The van der Waals surface area contributed by atoms with Crippen molar-refractivity contribution in [2.75, 3.05) is 19.5 Å². The molecule has 0 aliphatic heterocycles. The number of nitrogens with one attached hydrogen (secondary N) is 1. The maximum Gasteiger partial charge on any atom is 0.248 e. The van der Waals surface area contributed by atoms with Gasteiger partial charge in [-0.3, -0.25) is 4.79 Å². The van der Waals surface area contributed by atoms with Crippen LogP contribution in [0.25, 0.3) is 27.7 Å². The standard InChI is InChI=1S/C30H31NO4/c1-5-6-7-21-8-12-23(13-9-21)31-30(32)16-20(2)25-17-26-27(19-35-29(26)18-28(25)34-4)22-10-14-24(33-3)15-11-22/h8-19H,5-7H2,1-4H3,(H,31,32)/b20-16+. The lowest BCUT2D eigenvalue weighted by Crippen LogP contribution is -2.08. The lowest BCUT2D eigenvalue weighted by molar-refractivity contribution is -0.111. The lowest BCUT2D eigenvalue weighted by atomic mass is 9.99. The van der Waals surface area contributed by atoms with E-state index in [1.54, 1.807) is 26.6 Å². The summed E-state index contributed by atoms with van der Waals surface area (Å²) >= 11 is 0. The van der Waals surface area contributed by atoms with Crippen molar-refractivity contribution in [2.45, 2.75) is 33.1 Å². The van der Waals surface area contributed by atoms with Crippen LogP contribution in [0.15, 0.2) is 77.4 Å². The molecule has 0 fully saturated rings. The highest BCUT2D eigenvalue weighted by atomic mass is 16.5. The highest BCUT2D eigenvalue weighted by Gasteiger charge is 2.15. The highest BCUT2D eigenvalue weighted by Crippen LogP contribution is 2.37. The Kier molecular flexibility index (Phi) is 7.56. The van der Waals surface area contributed by atoms with E-state index in [1.807, 2.05) is 55.5 Å². The number of ether oxygens (including phenoxy) is 2. The molecule has 3 aromatic carbocycles. The molecule has 0 bridgehead atoms. The number of methoxy groups -OCH3 is 2. The molecule has 0 radical (unpaired) electrons. The average Bonchev–Trinajstić information content (AvgIpc) is 3.30. The molecule has 1 amide bonds. The molecule has 0 aliphatic carbocycles. The van der Waals surface area contributed by atoms with Crippen molar-refractivity contribution in [3.8, 4) is 22.6 Å². The van der Waals surface area contributed by atoms with Gasteiger partial charge in [0, 0.05) is 34.3 Å². The second kappa shape index (κ2) is 11.0. The van der Waals surface area contributed by atoms with Gasteiger partial charge in [-0.25, -0.2) is 0 Å². The minimum atomic E-state index is -0.187. The Morgan fingerprint density at radius 1 is 1.00 bits per heavy atom. The summed E-state index contributed by atoms with van der Waals surface area (Å²) in [4.78, 5) is 12.8. The van der Waals surface area contributed by atoms with Gasteiger partial charge >= 0.3 is 0 Å². The largest absolute Gasteiger partial charge is 0.497 e. The van der Waals surface area contributed by atoms with E-state index in [9.17, 15) is 4.79 Å². The number of carbonyl (C=O) groups excluding carboxylic acids is 1. The summed E-state index contributed by atoms with van der Waals surface area (Å²) in [5, 5.41) is 3.90. The fraction of sp³-hybridized carbons (Fsp3) is 0.233. The van der Waals surface area contributed by atoms with Gasteiger partial charge in [0.2, 0.25) is 5.91 Å². The van der Waals surface area contributed by atoms with Gasteiger partial charge in [0.1, 0.15) is 17.1 Å². The minimum Gasteiger partial charge on any atom is -0.497 e. The predicted octanol–water partition coefficient (Wildman–Crippen LogP) is 7.50. The molecule has 0 saturated heterocycles. The third-order valence-corrected chi connectivity index (χ3v) is 6.11. The molecule has 0 atom stereocenters. The summed E-state index contributed by atoms with van der Waals surface area (Å²) in [6.45, 7) is 4.09. The summed E-state index contributed by atoms with van der Waals surface area (Å²) in [5.41, 5.74) is 6.39. The predicted molar refractivity (Wildman–Crippen MR) is 142 cm³/mol. The van der Waals surface area contributed by atoms with Crippen LogP contribution in [-0.2, 0) is 11.2 Å². The molecule has 0 unspecified atom stereocenters. The first-order valence-electron chi connectivity index (χ1n) is 11.8. The summed E-state index contributed by atoms with van der Waals surface area (Å²) in [6.07, 6.45) is 6.72. The van der Waals surface area contributed by atoms with E-state index in [0.717, 1.165) is 63.9 Å². The SMILES string of the molecule is CCCCc1ccc(NC(=O)/C=C(\C)c2cc3c(-c4ccc(OC)cc4)coc3cc2OC)cc1. The molecular formula is C30H31NO4. The maximum absolute atomic E-state index is 12.8. The Labute approximate surface area is 206 Å². The first-order chi connectivity index (χ1) is 17.0. The van der Waals surface area contributed by atoms with Crippen molar-refractivity contribution in [1.29, 1.82) is 0 Å². The molecular weight excluding hydrogens is 438 g/mol. The van der Waals surface area contributed by atoms with Gasteiger partial charge in [-0.05, 0) is 66.8 Å². The van der Waals surface area contributed by atoms with Gasteiger partial charge in [0.05, 0.1) is 20.5 Å². The maximum atomic E-state index is 12.8. The molecule has 4 aromatic rings. The topological polar surface area (TPSA) is 60.7 Å². The van der Waals surface area contributed by atoms with Crippen LogP contribution in [0.4, 0.5) is 5.69 Å². The van der Waals surface area contributed by atoms with E-state index < -0.39 is 0 Å². The summed E-state index contributed by atoms with van der Waals surface area (Å²) in [7, 11) is 3.26. The molecule has 0 saturated carbocycles. The van der Waals surface area contributed by atoms with Crippen molar-refractivity contribution in [3.05, 3.63) is 84.1 Å². The number of anilines is 1. The zero-order valence-corrected chi connectivity index (χ0v) is 20.7. The summed E-state index contributed by atoms with van der Waals surface area (Å²) in [6, 6.07) is 19.7. The van der Waals surface area contributed by atoms with E-state index in [-0.39, 0.29) is 5.91 Å². The number of carbonyl (C=O) groups is 1. The molecule has 5 nitrogen and oxygen atoms in total. The third-order valence-electron chi connectivity index (χ3n) is 6.11. The number of benzene rings is 3. The number of rotatable bonds is 9. The molecule has 1 N–H and O–H groups in total. The zero-order valence-electron chi connectivity index (χ0n) is 20.7. The number of furan rings is 1. The van der Waals surface area contributed by atoms with Gasteiger partial charge in [-0.15, -0.1) is 0 Å². The van der Waals surface area contributed by atoms with Crippen molar-refractivity contribution in [3.63, 3.8) is 0 Å². The monoisotopic (exact) mass is 469 g/mol. The number of fused-ring (bicyclic) bond motifs is 1. The molecule has 180 valence electrons. The highest BCUT2D eigenvalue weighted by molar-refractivity contribution is 6.05. The Hall–Kier alpha value is -3.99. The zero-order chi connectivity index (χ0) is 24.8. The van der Waals surface area contributed by atoms with Gasteiger partial charge in [-0.1, -0.05) is 37.6 Å². The number of amides is 1. The Bertz CT molecular complexity index is 1330. The van der Waals surface area contributed by atoms with E-state index in [1.165, 1.54) is 5.56 Å². The van der Waals surface area contributed by atoms with Gasteiger partial charge < -0.3 is 19.2 Å². The fourth-order valence-electron chi connectivity index (χ4n) is 4.11. The van der Waals surface area contributed by atoms with Crippen LogP contribution in [-0.4, -0.2) is 20.1 Å². The van der Waals surface area contributed by atoms with Crippen LogP contribution in [0.2, 0.25) is 0 Å². The van der Waals surface area contributed by atoms with Crippen molar-refractivity contribution < 1.29 is 18.7 Å². The molecule has 1 heterocycles. The number of allylic oxidation sites excluding steroid dienone is 1. The van der Waals surface area contributed by atoms with E-state index >= 15 is 0 Å². The Morgan fingerprint density at radius 3 is 2.40 bits per heavy atom. The van der Waals surface area contributed by atoms with Gasteiger partial charge in [0.25, 0.3) is 0 Å². The number of aryl methyl sites for hydroxylation is 1. The van der Waals surface area contributed by atoms with E-state index in [0.29, 0.717) is 5.75 Å². The van der Waals surface area contributed by atoms with Crippen molar-refractivity contribution in [2.24, 2.45) is 0 Å². The van der Waals surface area contributed by atoms with Crippen LogP contribution >= 0.6 is 0 Å². The van der Waals surface area contributed by atoms with Crippen LogP contribution in [0.1, 0.15) is 37.8 Å². The van der Waals surface area contributed by atoms with Crippen molar-refractivity contribution in [1.82, 2.24) is 0 Å². The fourth-order valence-corrected chi connectivity index (χ4v) is 4.11. The number of hydrogen-bond acceptors (Lipinski definition) is 4. The van der Waals surface area contributed by atoms with Crippen LogP contribution in [0.5, 0.6) is 11.5 Å². The van der Waals surface area contributed by atoms with Gasteiger partial charge in [0.15, 0.2) is 0 Å². The molecule has 1 aromatic heterocycles. The quantitative estimate of drug-likeness (QED) is 0.258. The Morgan fingerprint density at radius 2 is 1.74 bits per heavy atom. The summed E-state index contributed by atoms with van der Waals surface area (Å²) < 4.78 is 16.7. The molecule has 4 rings (SSSR count). The van der Waals surface area contributed by atoms with Crippen LogP contribution < -0.4 is 14.8 Å². The lowest BCUT2D eigenvalue weighted by Gasteiger charge is -2.10. The first kappa shape index (κ1) is 24.1. The number of unbranched alkanes of at least 4 members (excludes halogenated alkanes) is 1. The molecule has 0 spiro atoms. The van der Waals surface area contributed by atoms with Gasteiger partial charge in [-0.2, -0.15) is 0 Å².